The van der Waals surface area contributed by atoms with Crippen molar-refractivity contribution in [3.63, 3.8) is 0 Å². The molecule has 21 heavy (non-hydrogen) atoms. The smallest absolute Gasteiger partial charge is 0.191 e. The van der Waals surface area contributed by atoms with Gasteiger partial charge in [0.05, 0.1) is 7.11 Å². The van der Waals surface area contributed by atoms with Gasteiger partial charge in [-0.25, -0.2) is 4.39 Å². The minimum Gasteiger partial charge on any atom is -0.497 e. The molecule has 0 atom stereocenters. The second-order valence-electron chi connectivity index (χ2n) is 4.70. The van der Waals surface area contributed by atoms with Crippen LogP contribution in [0.15, 0.2) is 52.9 Å². The van der Waals surface area contributed by atoms with E-state index in [-0.39, 0.29) is 11.6 Å². The Kier molecular flexibility index (Phi) is 3.80. The Morgan fingerprint density at radius 3 is 2.90 bits per heavy atom. The van der Waals surface area contributed by atoms with Crippen LogP contribution in [-0.4, -0.2) is 18.6 Å². The molecule has 4 heteroatoms. The Hall–Kier alpha value is -2.07. The van der Waals surface area contributed by atoms with Gasteiger partial charge in [0.2, 0.25) is 0 Å². The summed E-state index contributed by atoms with van der Waals surface area (Å²) in [5, 5.41) is 0. The number of ether oxygens (including phenoxy) is 1. The molecule has 0 fully saturated rings. The van der Waals surface area contributed by atoms with Crippen molar-refractivity contribution in [3.05, 3.63) is 65.0 Å². The van der Waals surface area contributed by atoms with E-state index in [1.807, 2.05) is 30.3 Å². The maximum Gasteiger partial charge on any atom is 0.191 e. The fourth-order valence-corrected chi connectivity index (χ4v) is 3.24. The summed E-state index contributed by atoms with van der Waals surface area (Å²) in [5.74, 6) is 0.845. The van der Waals surface area contributed by atoms with Gasteiger partial charge in [0.15, 0.2) is 5.78 Å². The number of thioether (sulfide) groups is 1. The lowest BCUT2D eigenvalue weighted by atomic mass is 10.0. The molecule has 0 radical (unpaired) electrons. The topological polar surface area (TPSA) is 26.3 Å². The summed E-state index contributed by atoms with van der Waals surface area (Å²) in [5.41, 5.74) is 2.02. The van der Waals surface area contributed by atoms with Gasteiger partial charge < -0.3 is 4.74 Å². The number of benzene rings is 2. The third-order valence-electron chi connectivity index (χ3n) is 3.30. The van der Waals surface area contributed by atoms with Crippen LogP contribution in [0.3, 0.4) is 0 Å². The summed E-state index contributed by atoms with van der Waals surface area (Å²) in [4.78, 5) is 13.3. The fraction of sp³-hybridized carbons (Fsp3) is 0.118. The first kappa shape index (κ1) is 13.9. The summed E-state index contributed by atoms with van der Waals surface area (Å²) in [6.45, 7) is 0. The lowest BCUT2D eigenvalue weighted by Crippen LogP contribution is -2.12. The van der Waals surface area contributed by atoms with Crippen LogP contribution < -0.4 is 4.74 Å². The number of carbonyl (C=O) groups excluding carboxylic acids is 1. The Bertz CT molecular complexity index is 737. The van der Waals surface area contributed by atoms with Crippen molar-refractivity contribution in [3.8, 4) is 5.75 Å². The molecular formula is C17H13FO2S. The molecule has 0 aromatic heterocycles. The molecule has 0 bridgehead atoms. The molecule has 0 unspecified atom stereocenters. The number of rotatable bonds is 2. The minimum absolute atomic E-state index is 0.105. The van der Waals surface area contributed by atoms with Crippen LogP contribution in [0, 0.1) is 5.82 Å². The predicted octanol–water partition coefficient (Wildman–Crippen LogP) is 4.21. The van der Waals surface area contributed by atoms with Crippen molar-refractivity contribution < 1.29 is 13.9 Å². The van der Waals surface area contributed by atoms with Crippen molar-refractivity contribution in [1.82, 2.24) is 0 Å². The van der Waals surface area contributed by atoms with E-state index in [9.17, 15) is 9.18 Å². The molecule has 0 amide bonds. The second kappa shape index (κ2) is 5.74. The number of hydrogen-bond donors (Lipinski definition) is 0. The van der Waals surface area contributed by atoms with Gasteiger partial charge in [0.1, 0.15) is 11.6 Å². The first-order chi connectivity index (χ1) is 10.2. The summed E-state index contributed by atoms with van der Waals surface area (Å²) in [7, 11) is 1.60. The van der Waals surface area contributed by atoms with Crippen LogP contribution >= 0.6 is 11.8 Å². The van der Waals surface area contributed by atoms with Gasteiger partial charge in [-0.2, -0.15) is 0 Å². The number of hydrogen-bond acceptors (Lipinski definition) is 3. The second-order valence-corrected chi connectivity index (χ2v) is 5.72. The zero-order valence-electron chi connectivity index (χ0n) is 11.4. The molecule has 1 aliphatic rings. The van der Waals surface area contributed by atoms with E-state index in [4.69, 9.17) is 4.74 Å². The fourth-order valence-electron chi connectivity index (χ4n) is 2.24. The standard InChI is InChI=1S/C17H13FO2S/c1-20-14-4-2-3-11(8-14)7-12-10-21-16-6-5-13(18)9-15(16)17(12)19/h2-9H,10H2,1H3. The van der Waals surface area contributed by atoms with Crippen LogP contribution in [0.4, 0.5) is 4.39 Å². The Labute approximate surface area is 126 Å². The van der Waals surface area contributed by atoms with Gasteiger partial charge in [-0.1, -0.05) is 12.1 Å². The van der Waals surface area contributed by atoms with Crippen LogP contribution in [0.1, 0.15) is 15.9 Å². The lowest BCUT2D eigenvalue weighted by molar-refractivity contribution is 0.103. The van der Waals surface area contributed by atoms with Crippen molar-refractivity contribution >= 4 is 23.6 Å². The molecule has 2 aromatic carbocycles. The first-order valence-corrected chi connectivity index (χ1v) is 7.47. The molecule has 2 aromatic rings. The van der Waals surface area contributed by atoms with Gasteiger partial charge in [-0.3, -0.25) is 4.79 Å². The Morgan fingerprint density at radius 2 is 2.10 bits per heavy atom. The highest BCUT2D eigenvalue weighted by Gasteiger charge is 2.22. The van der Waals surface area contributed by atoms with E-state index in [1.165, 1.54) is 12.1 Å². The van der Waals surface area contributed by atoms with Crippen LogP contribution in [0.5, 0.6) is 5.75 Å². The Balaban J connectivity index is 1.97. The van der Waals surface area contributed by atoms with Crippen molar-refractivity contribution in [1.29, 1.82) is 0 Å². The van der Waals surface area contributed by atoms with E-state index >= 15 is 0 Å². The van der Waals surface area contributed by atoms with E-state index in [2.05, 4.69) is 0 Å². The molecule has 1 heterocycles. The lowest BCUT2D eigenvalue weighted by Gasteiger charge is -2.17. The highest BCUT2D eigenvalue weighted by atomic mass is 32.2. The largest absolute Gasteiger partial charge is 0.497 e. The number of fused-ring (bicyclic) bond motifs is 1. The van der Waals surface area contributed by atoms with Gasteiger partial charge in [-0.05, 0) is 42.0 Å². The third-order valence-corrected chi connectivity index (χ3v) is 4.42. The van der Waals surface area contributed by atoms with Crippen molar-refractivity contribution in [2.45, 2.75) is 4.90 Å². The number of carbonyl (C=O) groups is 1. The number of halogens is 1. The summed E-state index contributed by atoms with van der Waals surface area (Å²) >= 11 is 1.55. The van der Waals surface area contributed by atoms with Gasteiger partial charge in [-0.15, -0.1) is 11.8 Å². The first-order valence-electron chi connectivity index (χ1n) is 6.49. The summed E-state index contributed by atoms with van der Waals surface area (Å²) in [6.07, 6.45) is 1.84. The highest BCUT2D eigenvalue weighted by molar-refractivity contribution is 7.99. The molecule has 0 spiro atoms. The van der Waals surface area contributed by atoms with Gasteiger partial charge in [0.25, 0.3) is 0 Å². The highest BCUT2D eigenvalue weighted by Crippen LogP contribution is 2.34. The van der Waals surface area contributed by atoms with E-state index in [0.717, 1.165) is 16.2 Å². The van der Waals surface area contributed by atoms with Crippen molar-refractivity contribution in [2.75, 3.05) is 12.9 Å². The van der Waals surface area contributed by atoms with Gasteiger partial charge >= 0.3 is 0 Å². The molecular weight excluding hydrogens is 287 g/mol. The van der Waals surface area contributed by atoms with E-state index in [0.29, 0.717) is 16.9 Å². The summed E-state index contributed by atoms with van der Waals surface area (Å²) < 4.78 is 18.5. The van der Waals surface area contributed by atoms with E-state index in [1.54, 1.807) is 24.9 Å². The molecule has 2 nitrogen and oxygen atoms in total. The van der Waals surface area contributed by atoms with Crippen LogP contribution in [0.25, 0.3) is 6.08 Å². The monoisotopic (exact) mass is 300 g/mol. The number of methoxy groups -OCH3 is 1. The quantitative estimate of drug-likeness (QED) is 0.777. The van der Waals surface area contributed by atoms with Crippen LogP contribution in [0.2, 0.25) is 0 Å². The molecule has 106 valence electrons. The minimum atomic E-state index is -0.384. The number of ketones is 1. The SMILES string of the molecule is COc1cccc(C=C2CSc3ccc(F)cc3C2=O)c1. The Morgan fingerprint density at radius 1 is 1.24 bits per heavy atom. The predicted molar refractivity (Wildman–Crippen MR) is 82.4 cm³/mol. The third kappa shape index (κ3) is 2.85. The zero-order chi connectivity index (χ0) is 14.8. The molecule has 1 aliphatic heterocycles. The number of Topliss-reactive ketones (excluding diaryl/α,β-unsaturated/α-hetero) is 1. The molecule has 0 aliphatic carbocycles. The molecule has 3 rings (SSSR count). The molecule has 0 saturated heterocycles. The average molecular weight is 300 g/mol. The molecule has 0 saturated carbocycles. The van der Waals surface area contributed by atoms with E-state index < -0.39 is 0 Å². The zero-order valence-corrected chi connectivity index (χ0v) is 12.2. The van der Waals surface area contributed by atoms with Crippen molar-refractivity contribution in [2.24, 2.45) is 0 Å². The normalized spacial score (nSPS) is 15.9. The maximum absolute atomic E-state index is 13.3. The summed E-state index contributed by atoms with van der Waals surface area (Å²) in [6, 6.07) is 11.9. The maximum atomic E-state index is 13.3. The van der Waals surface area contributed by atoms with Crippen LogP contribution in [-0.2, 0) is 0 Å². The van der Waals surface area contributed by atoms with Gasteiger partial charge in [0, 0.05) is 21.8 Å². The average Bonchev–Trinajstić information content (AvgIpc) is 2.51. The molecule has 0 N–H and O–H groups in total.